The molecule has 0 aromatic heterocycles. The van der Waals surface area contributed by atoms with E-state index in [-0.39, 0.29) is 6.61 Å². The Balaban J connectivity index is 0. The molecule has 0 aliphatic carbocycles. The van der Waals surface area contributed by atoms with Gasteiger partial charge in [-0.15, -0.1) is 12.3 Å². The number of halogens is 1. The van der Waals surface area contributed by atoms with Gasteiger partial charge in [-0.25, -0.2) is 0 Å². The molecule has 1 nitrogen and oxygen atoms in total. The smallest absolute Gasteiger partial charge is 0.0540 e. The summed E-state index contributed by atoms with van der Waals surface area (Å²) in [7, 11) is 0. The normalized spacial score (nSPS) is 7.76. The fraction of sp³-hybridized carbons (Fsp3) is 0.333. The van der Waals surface area contributed by atoms with Crippen molar-refractivity contribution >= 4 is 16.6 Å². The van der Waals surface area contributed by atoms with E-state index < -0.39 is 0 Å². The van der Waals surface area contributed by atoms with Crippen LogP contribution in [0.5, 0.6) is 0 Å². The van der Waals surface area contributed by atoms with Crippen LogP contribution in [0.15, 0.2) is 30.8 Å². The van der Waals surface area contributed by atoms with Gasteiger partial charge in [-0.1, -0.05) is 61.9 Å². The van der Waals surface area contributed by atoms with Gasteiger partial charge in [0.05, 0.1) is 6.61 Å². The number of hydrogen-bond donors (Lipinski definition) is 1. The van der Waals surface area contributed by atoms with E-state index in [0.29, 0.717) is 11.5 Å². The summed E-state index contributed by atoms with van der Waals surface area (Å²) in [6, 6.07) is 7.96. The lowest BCUT2D eigenvalue weighted by molar-refractivity contribution is 0.305. The van der Waals surface area contributed by atoms with Crippen LogP contribution in [0.4, 0.5) is 0 Å². The Bertz CT molecular complexity index is 333. The van der Waals surface area contributed by atoms with Crippen molar-refractivity contribution < 1.29 is 5.11 Å². The Morgan fingerprint density at radius 2 is 1.82 bits per heavy atom. The maximum Gasteiger partial charge on any atom is 0.0540 e. The molecule has 0 unspecified atom stereocenters. The predicted octanol–water partition coefficient (Wildman–Crippen LogP) is 4.23. The molecule has 0 saturated carbocycles. The van der Waals surface area contributed by atoms with Gasteiger partial charge < -0.3 is 5.11 Å². The number of aliphatic hydroxyl groups excluding tert-OH is 1. The number of rotatable bonds is 2. The van der Waals surface area contributed by atoms with Crippen LogP contribution in [-0.4, -0.2) is 11.7 Å². The van der Waals surface area contributed by atoms with Crippen LogP contribution in [0.1, 0.15) is 31.4 Å². The first-order valence-corrected chi connectivity index (χ1v) is 5.95. The number of aliphatic hydroxyl groups is 1. The van der Waals surface area contributed by atoms with E-state index in [4.69, 9.17) is 23.1 Å². The van der Waals surface area contributed by atoms with E-state index in [9.17, 15) is 0 Å². The molecule has 0 aliphatic heterocycles. The summed E-state index contributed by atoms with van der Waals surface area (Å²) >= 11 is 5.66. The fourth-order valence-corrected chi connectivity index (χ4v) is 0.925. The van der Waals surface area contributed by atoms with Gasteiger partial charge in [0.25, 0.3) is 0 Å². The summed E-state index contributed by atoms with van der Waals surface area (Å²) in [4.78, 5) is 0. The summed E-state index contributed by atoms with van der Waals surface area (Å²) < 4.78 is 0. The molecule has 17 heavy (non-hydrogen) atoms. The molecule has 0 bridgehead atoms. The van der Waals surface area contributed by atoms with Crippen LogP contribution < -0.4 is 0 Å². The molecule has 0 fully saturated rings. The highest BCUT2D eigenvalue weighted by Gasteiger charge is 1.91. The number of hydrogen-bond acceptors (Lipinski definition) is 1. The van der Waals surface area contributed by atoms with E-state index in [1.807, 2.05) is 45.0 Å². The fourth-order valence-electron chi connectivity index (χ4n) is 0.799. The highest BCUT2D eigenvalue weighted by molar-refractivity contribution is 6.48. The molecule has 0 amide bonds. The zero-order valence-electron chi connectivity index (χ0n) is 10.8. The highest BCUT2D eigenvalue weighted by atomic mass is 35.5. The van der Waals surface area contributed by atoms with E-state index in [2.05, 4.69) is 12.5 Å². The van der Waals surface area contributed by atoms with Gasteiger partial charge in [0.15, 0.2) is 0 Å². The van der Waals surface area contributed by atoms with Crippen molar-refractivity contribution in [3.8, 4) is 12.3 Å². The number of aryl methyl sites for hydroxylation is 1. The summed E-state index contributed by atoms with van der Waals surface area (Å²) in [5.74, 6) is 2.27. The highest BCUT2D eigenvalue weighted by Crippen LogP contribution is 2.15. The SMILES string of the molecule is C#CCCO.C=C(Cl)c1ccc(C)cc1.CC. The van der Waals surface area contributed by atoms with Gasteiger partial charge in [0.1, 0.15) is 0 Å². The molecule has 0 aliphatic rings. The maximum atomic E-state index is 7.92. The molecular formula is C15H21ClO. The Morgan fingerprint density at radius 1 is 1.35 bits per heavy atom. The minimum Gasteiger partial charge on any atom is -0.395 e. The summed E-state index contributed by atoms with van der Waals surface area (Å²) in [5, 5.41) is 8.52. The lowest BCUT2D eigenvalue weighted by Gasteiger charge is -1.96. The van der Waals surface area contributed by atoms with Crippen molar-refractivity contribution in [1.29, 1.82) is 0 Å². The lowest BCUT2D eigenvalue weighted by atomic mass is 10.1. The molecule has 1 rings (SSSR count). The Morgan fingerprint density at radius 3 is 2.06 bits per heavy atom. The van der Waals surface area contributed by atoms with E-state index in [0.717, 1.165) is 5.56 Å². The van der Waals surface area contributed by atoms with Crippen LogP contribution in [0, 0.1) is 19.3 Å². The minimum atomic E-state index is 0.108. The first kappa shape index (κ1) is 18.1. The van der Waals surface area contributed by atoms with Crippen molar-refractivity contribution in [1.82, 2.24) is 0 Å². The van der Waals surface area contributed by atoms with Crippen LogP contribution in [0.2, 0.25) is 0 Å². The summed E-state index contributed by atoms with van der Waals surface area (Å²) in [5.41, 5.74) is 2.23. The van der Waals surface area contributed by atoms with Gasteiger partial charge in [0.2, 0.25) is 0 Å². The second kappa shape index (κ2) is 12.8. The molecule has 1 aromatic rings. The average Bonchev–Trinajstić information content (AvgIpc) is 2.34. The molecule has 2 heteroatoms. The minimum absolute atomic E-state index is 0.108. The molecule has 0 spiro atoms. The van der Waals surface area contributed by atoms with Gasteiger partial charge in [0, 0.05) is 11.5 Å². The monoisotopic (exact) mass is 252 g/mol. The average molecular weight is 253 g/mol. The lowest BCUT2D eigenvalue weighted by Crippen LogP contribution is -1.75. The van der Waals surface area contributed by atoms with Crippen LogP contribution >= 0.6 is 11.6 Å². The van der Waals surface area contributed by atoms with Crippen molar-refractivity contribution in [3.63, 3.8) is 0 Å². The van der Waals surface area contributed by atoms with E-state index in [1.54, 1.807) is 0 Å². The van der Waals surface area contributed by atoms with Crippen molar-refractivity contribution in [2.75, 3.05) is 6.61 Å². The second-order valence-electron chi connectivity index (χ2n) is 2.95. The molecule has 1 aromatic carbocycles. The third kappa shape index (κ3) is 11.0. The molecule has 0 radical (unpaired) electrons. The standard InChI is InChI=1S/C9H9Cl.C4H6O.C2H6/c1-7-3-5-9(6-4-7)8(2)10;1-2-3-4-5;1-2/h3-6H,2H2,1H3;1,5H,3-4H2;1-2H3. The van der Waals surface area contributed by atoms with Gasteiger partial charge >= 0.3 is 0 Å². The van der Waals surface area contributed by atoms with Crippen molar-refractivity contribution in [2.45, 2.75) is 27.2 Å². The third-order valence-corrected chi connectivity index (χ3v) is 1.84. The maximum absolute atomic E-state index is 7.92. The Hall–Kier alpha value is -1.23. The largest absolute Gasteiger partial charge is 0.395 e. The van der Waals surface area contributed by atoms with Crippen LogP contribution in [0.3, 0.4) is 0 Å². The predicted molar refractivity (Wildman–Crippen MR) is 77.9 cm³/mol. The Labute approximate surface area is 110 Å². The molecular weight excluding hydrogens is 232 g/mol. The van der Waals surface area contributed by atoms with Crippen LogP contribution in [-0.2, 0) is 0 Å². The first-order chi connectivity index (χ1) is 8.11. The van der Waals surface area contributed by atoms with E-state index in [1.165, 1.54) is 5.56 Å². The summed E-state index contributed by atoms with van der Waals surface area (Å²) in [6.45, 7) is 9.77. The molecule has 0 heterocycles. The van der Waals surface area contributed by atoms with Crippen molar-refractivity contribution in [3.05, 3.63) is 42.0 Å². The topological polar surface area (TPSA) is 20.2 Å². The third-order valence-electron chi connectivity index (χ3n) is 1.62. The Kier molecular flexibility index (Phi) is 13.7. The molecule has 1 N–H and O–H groups in total. The van der Waals surface area contributed by atoms with Gasteiger partial charge in [-0.3, -0.25) is 0 Å². The quantitative estimate of drug-likeness (QED) is 0.781. The zero-order chi connectivity index (χ0) is 13.7. The van der Waals surface area contributed by atoms with Gasteiger partial charge in [-0.05, 0) is 12.5 Å². The van der Waals surface area contributed by atoms with Gasteiger partial charge in [-0.2, -0.15) is 0 Å². The summed E-state index contributed by atoms with van der Waals surface area (Å²) in [6.07, 6.45) is 5.20. The number of terminal acetylenes is 1. The van der Waals surface area contributed by atoms with Crippen molar-refractivity contribution in [2.24, 2.45) is 0 Å². The molecule has 0 atom stereocenters. The second-order valence-corrected chi connectivity index (χ2v) is 3.40. The molecule has 0 saturated heterocycles. The van der Waals surface area contributed by atoms with Crippen LogP contribution in [0.25, 0.3) is 5.03 Å². The zero-order valence-corrected chi connectivity index (χ0v) is 11.6. The molecule has 94 valence electrons. The first-order valence-electron chi connectivity index (χ1n) is 5.57. The van der Waals surface area contributed by atoms with E-state index >= 15 is 0 Å². The number of benzene rings is 1.